The summed E-state index contributed by atoms with van der Waals surface area (Å²) in [5.41, 5.74) is 3.71. The average Bonchev–Trinajstić information content (AvgIpc) is 3.34. The third kappa shape index (κ3) is 2.98. The molecule has 0 unspecified atom stereocenters. The number of anilines is 1. The Balaban J connectivity index is 1.68. The fraction of sp³-hybridized carbons (Fsp3) is 0.350. The number of ether oxygens (including phenoxy) is 1. The molecule has 5 rings (SSSR count). The van der Waals surface area contributed by atoms with Crippen molar-refractivity contribution in [3.8, 4) is 5.95 Å². The van der Waals surface area contributed by atoms with Gasteiger partial charge in [0.2, 0.25) is 11.9 Å². The van der Waals surface area contributed by atoms with Crippen LogP contribution >= 0.6 is 0 Å². The molecule has 29 heavy (non-hydrogen) atoms. The Bertz CT molecular complexity index is 1230. The van der Waals surface area contributed by atoms with Crippen LogP contribution in [0.15, 0.2) is 30.7 Å². The Labute approximate surface area is 167 Å². The van der Waals surface area contributed by atoms with Crippen molar-refractivity contribution in [2.24, 2.45) is 0 Å². The van der Waals surface area contributed by atoms with Gasteiger partial charge < -0.3 is 10.1 Å². The van der Waals surface area contributed by atoms with E-state index in [0.29, 0.717) is 11.6 Å². The summed E-state index contributed by atoms with van der Waals surface area (Å²) < 4.78 is 9.53. The monoisotopic (exact) mass is 388 g/mol. The summed E-state index contributed by atoms with van der Waals surface area (Å²) in [6, 6.07) is 5.69. The Morgan fingerprint density at radius 1 is 1.21 bits per heavy atom. The number of hydrogen-bond donors (Lipinski definition) is 1. The number of fused-ring (bicyclic) bond motifs is 2. The summed E-state index contributed by atoms with van der Waals surface area (Å²) in [5, 5.41) is 3.35. The van der Waals surface area contributed by atoms with Crippen molar-refractivity contribution in [3.63, 3.8) is 0 Å². The van der Waals surface area contributed by atoms with Crippen LogP contribution in [0.1, 0.15) is 25.8 Å². The van der Waals surface area contributed by atoms with E-state index in [2.05, 4.69) is 31.6 Å². The molecule has 9 heteroatoms. The van der Waals surface area contributed by atoms with E-state index in [1.165, 1.54) is 0 Å². The number of nitrogens with one attached hydrogen (secondary N) is 1. The summed E-state index contributed by atoms with van der Waals surface area (Å²) >= 11 is 0. The van der Waals surface area contributed by atoms with Crippen molar-refractivity contribution in [2.75, 3.05) is 25.1 Å². The van der Waals surface area contributed by atoms with Gasteiger partial charge >= 0.3 is 0 Å². The lowest BCUT2D eigenvalue weighted by Crippen LogP contribution is -2.21. The normalized spacial score (nSPS) is 15.0. The molecule has 4 aromatic rings. The molecule has 1 aromatic carbocycles. The van der Waals surface area contributed by atoms with Crippen LogP contribution in [-0.4, -0.2) is 48.8 Å². The van der Waals surface area contributed by atoms with Crippen LogP contribution in [0.25, 0.3) is 33.0 Å². The van der Waals surface area contributed by atoms with Gasteiger partial charge in [-0.05, 0) is 31.9 Å². The van der Waals surface area contributed by atoms with Gasteiger partial charge in [-0.15, -0.1) is 0 Å². The first kappa shape index (κ1) is 17.6. The summed E-state index contributed by atoms with van der Waals surface area (Å²) in [4.78, 5) is 22.0. The van der Waals surface area contributed by atoms with E-state index in [-0.39, 0.29) is 6.04 Å². The second-order valence-electron chi connectivity index (χ2n) is 6.96. The minimum absolute atomic E-state index is 0.277. The van der Waals surface area contributed by atoms with E-state index in [4.69, 9.17) is 21.3 Å². The lowest BCUT2D eigenvalue weighted by Gasteiger charge is -2.25. The number of rotatable bonds is 4. The van der Waals surface area contributed by atoms with Crippen molar-refractivity contribution in [3.05, 3.63) is 42.1 Å². The molecule has 1 aliphatic heterocycles. The van der Waals surface area contributed by atoms with Crippen molar-refractivity contribution >= 4 is 33.8 Å². The van der Waals surface area contributed by atoms with Crippen molar-refractivity contribution in [1.29, 1.82) is 0 Å². The van der Waals surface area contributed by atoms with Gasteiger partial charge in [0.15, 0.2) is 11.3 Å². The molecular formula is C20H20N8O. The zero-order valence-corrected chi connectivity index (χ0v) is 16.0. The lowest BCUT2D eigenvalue weighted by molar-refractivity contribution is 0.0709. The molecule has 4 heterocycles. The molecule has 0 amide bonds. The van der Waals surface area contributed by atoms with Crippen LogP contribution in [-0.2, 0) is 4.74 Å². The zero-order valence-electron chi connectivity index (χ0n) is 16.0. The maximum Gasteiger partial charge on any atom is 0.237 e. The number of imidazole rings is 2. The van der Waals surface area contributed by atoms with Crippen LogP contribution in [0.2, 0.25) is 0 Å². The van der Waals surface area contributed by atoms with E-state index < -0.39 is 0 Å². The van der Waals surface area contributed by atoms with Gasteiger partial charge in [-0.1, -0.05) is 6.07 Å². The Morgan fingerprint density at radius 2 is 2.07 bits per heavy atom. The predicted molar refractivity (Wildman–Crippen MR) is 109 cm³/mol. The average molecular weight is 388 g/mol. The minimum atomic E-state index is 0.277. The van der Waals surface area contributed by atoms with Gasteiger partial charge in [0, 0.05) is 25.8 Å². The third-order valence-corrected chi connectivity index (χ3v) is 5.19. The van der Waals surface area contributed by atoms with Gasteiger partial charge in [-0.3, -0.25) is 9.13 Å². The summed E-state index contributed by atoms with van der Waals surface area (Å²) in [6.07, 6.45) is 5.29. The predicted octanol–water partition coefficient (Wildman–Crippen LogP) is 3.50. The molecule has 0 bridgehead atoms. The van der Waals surface area contributed by atoms with Gasteiger partial charge in [-0.25, -0.2) is 19.8 Å². The first-order valence-corrected chi connectivity index (χ1v) is 9.70. The second kappa shape index (κ2) is 7.14. The van der Waals surface area contributed by atoms with Crippen LogP contribution in [0.5, 0.6) is 0 Å². The van der Waals surface area contributed by atoms with Gasteiger partial charge in [0.05, 0.1) is 23.8 Å². The Hall–Kier alpha value is -3.51. The Kier molecular flexibility index (Phi) is 4.33. The summed E-state index contributed by atoms with van der Waals surface area (Å²) in [5.74, 6) is 1.32. The standard InChI is InChI=1S/C20H20N8O/c1-3-22-20-25-16-11-23-19(26-18(16)28(20)14-6-8-29-9-7-14)27-12-24-15-5-4-13(21-2)10-17(15)27/h4-5,10-12,14H,3,6-9H2,1H3,(H,22,25). The first-order valence-electron chi connectivity index (χ1n) is 9.70. The molecule has 3 aromatic heterocycles. The fourth-order valence-electron chi connectivity index (χ4n) is 3.79. The second-order valence-corrected chi connectivity index (χ2v) is 6.96. The molecule has 0 saturated carbocycles. The van der Waals surface area contributed by atoms with Gasteiger partial charge in [0.25, 0.3) is 0 Å². The van der Waals surface area contributed by atoms with Crippen LogP contribution < -0.4 is 5.32 Å². The molecule has 0 aliphatic carbocycles. The molecular weight excluding hydrogens is 368 g/mol. The first-order chi connectivity index (χ1) is 14.3. The molecule has 1 fully saturated rings. The summed E-state index contributed by atoms with van der Waals surface area (Å²) in [7, 11) is 0. The van der Waals surface area contributed by atoms with Crippen LogP contribution in [0, 0.1) is 6.57 Å². The van der Waals surface area contributed by atoms with E-state index in [9.17, 15) is 0 Å². The quantitative estimate of drug-likeness (QED) is 0.539. The summed E-state index contributed by atoms with van der Waals surface area (Å²) in [6.45, 7) is 11.6. The highest BCUT2D eigenvalue weighted by atomic mass is 16.5. The molecule has 0 atom stereocenters. The van der Waals surface area contributed by atoms with Gasteiger partial charge in [-0.2, -0.15) is 4.98 Å². The number of aromatic nitrogens is 6. The van der Waals surface area contributed by atoms with E-state index in [1.54, 1.807) is 18.6 Å². The number of hydrogen-bond acceptors (Lipinski definition) is 6. The fourth-order valence-corrected chi connectivity index (χ4v) is 3.79. The maximum atomic E-state index is 7.27. The third-order valence-electron chi connectivity index (χ3n) is 5.19. The highest BCUT2D eigenvalue weighted by Crippen LogP contribution is 2.30. The number of nitrogens with zero attached hydrogens (tertiary/aromatic N) is 7. The maximum absolute atomic E-state index is 7.27. The molecule has 0 radical (unpaired) electrons. The van der Waals surface area contributed by atoms with Crippen LogP contribution in [0.4, 0.5) is 11.6 Å². The Morgan fingerprint density at radius 3 is 2.86 bits per heavy atom. The van der Waals surface area contributed by atoms with Crippen molar-refractivity contribution in [2.45, 2.75) is 25.8 Å². The molecule has 1 saturated heterocycles. The highest BCUT2D eigenvalue weighted by molar-refractivity contribution is 5.81. The molecule has 1 aliphatic rings. The minimum Gasteiger partial charge on any atom is -0.381 e. The molecule has 1 N–H and O–H groups in total. The van der Waals surface area contributed by atoms with Crippen molar-refractivity contribution in [1.82, 2.24) is 29.1 Å². The molecule has 0 spiro atoms. The zero-order chi connectivity index (χ0) is 19.8. The smallest absolute Gasteiger partial charge is 0.237 e. The van der Waals surface area contributed by atoms with Crippen LogP contribution in [0.3, 0.4) is 0 Å². The van der Waals surface area contributed by atoms with E-state index in [1.807, 2.05) is 16.7 Å². The largest absolute Gasteiger partial charge is 0.381 e. The van der Waals surface area contributed by atoms with Gasteiger partial charge in [0.1, 0.15) is 11.8 Å². The number of benzene rings is 1. The SMILES string of the molecule is [C-]#[N+]c1ccc2ncn(-c3ncc4nc(NCC)n(C5CCOCC5)c4n3)c2c1. The molecule has 146 valence electrons. The van der Waals surface area contributed by atoms with Crippen molar-refractivity contribution < 1.29 is 4.74 Å². The van der Waals surface area contributed by atoms with E-state index in [0.717, 1.165) is 60.7 Å². The molecule has 9 nitrogen and oxygen atoms in total. The van der Waals surface area contributed by atoms with E-state index >= 15 is 0 Å². The lowest BCUT2D eigenvalue weighted by atomic mass is 10.1. The topological polar surface area (TPSA) is 87.0 Å². The highest BCUT2D eigenvalue weighted by Gasteiger charge is 2.23.